The zero-order valence-corrected chi connectivity index (χ0v) is 35.8. The van der Waals surface area contributed by atoms with Gasteiger partial charge in [0.15, 0.2) is 0 Å². The standard InChI is InChI=1S/C46H52FN11O4/c1-27-33(28(2)50-43(60)42-53-44(62-54-42)46(3,4)5)12-13-35(39(27)47)40-38-34-11-10-32(24-36(34)51-41(38)49-26-48-40)57-22-20-55(21-23-57)25-29-14-17-56(18-15-29)30-6-8-31(9-7-30)58-19-16-37(59)52-45(58)61/h6-13,24,26,28-29H,14-23,25H2,1-5H3,(H,50,60)(H,48,49,51)(H,52,59,61)/t28-/m1/s1. The van der Waals surface area contributed by atoms with Crippen molar-refractivity contribution < 1.29 is 23.3 Å². The van der Waals surface area contributed by atoms with E-state index in [0.29, 0.717) is 52.8 Å². The number of carbonyl (C=O) groups is 3. The molecule has 4 amide bonds. The van der Waals surface area contributed by atoms with E-state index in [2.05, 4.69) is 80.8 Å². The number of piperidine rings is 1. The van der Waals surface area contributed by atoms with Crippen LogP contribution in [0.25, 0.3) is 33.2 Å². The number of anilines is 3. The van der Waals surface area contributed by atoms with Crippen molar-refractivity contribution in [1.29, 1.82) is 0 Å². The van der Waals surface area contributed by atoms with E-state index in [1.165, 1.54) is 6.33 Å². The molecule has 6 heterocycles. The summed E-state index contributed by atoms with van der Waals surface area (Å²) in [7, 11) is 0. The zero-order valence-electron chi connectivity index (χ0n) is 35.8. The topological polar surface area (TPSA) is 169 Å². The number of nitrogens with zero attached hydrogens (tertiary/aromatic N) is 8. The number of carbonyl (C=O) groups excluding carboxylic acids is 3. The fraction of sp³-hybridized carbons (Fsp3) is 0.413. The predicted molar refractivity (Wildman–Crippen MR) is 236 cm³/mol. The van der Waals surface area contributed by atoms with Gasteiger partial charge in [-0.05, 0) is 86.2 Å². The van der Waals surface area contributed by atoms with Gasteiger partial charge in [-0.15, -0.1) is 0 Å². The number of halogens is 1. The van der Waals surface area contributed by atoms with Crippen LogP contribution in [0.5, 0.6) is 0 Å². The van der Waals surface area contributed by atoms with Crippen LogP contribution in [0.4, 0.5) is 26.2 Å². The van der Waals surface area contributed by atoms with Crippen LogP contribution in [0.1, 0.15) is 80.6 Å². The second-order valence-corrected chi connectivity index (χ2v) is 17.8. The number of rotatable bonds is 9. The summed E-state index contributed by atoms with van der Waals surface area (Å²) in [5.74, 6) is -0.204. The Kier molecular flexibility index (Phi) is 10.9. The third-order valence-corrected chi connectivity index (χ3v) is 12.6. The second-order valence-electron chi connectivity index (χ2n) is 17.8. The minimum absolute atomic E-state index is 0.0667. The molecule has 3 fully saturated rings. The van der Waals surface area contributed by atoms with E-state index in [1.807, 2.05) is 39.0 Å². The van der Waals surface area contributed by atoms with Crippen LogP contribution in [0.3, 0.4) is 0 Å². The van der Waals surface area contributed by atoms with E-state index >= 15 is 4.39 Å². The summed E-state index contributed by atoms with van der Waals surface area (Å²) in [4.78, 5) is 62.7. The third kappa shape index (κ3) is 8.06. The summed E-state index contributed by atoms with van der Waals surface area (Å²) < 4.78 is 21.6. The van der Waals surface area contributed by atoms with Crippen molar-refractivity contribution in [2.24, 2.45) is 5.92 Å². The third-order valence-electron chi connectivity index (χ3n) is 12.6. The number of fused-ring (bicyclic) bond motifs is 3. The van der Waals surface area contributed by atoms with Gasteiger partial charge >= 0.3 is 6.03 Å². The van der Waals surface area contributed by atoms with Crippen molar-refractivity contribution in [1.82, 2.24) is 40.6 Å². The van der Waals surface area contributed by atoms with Crippen LogP contribution in [-0.2, 0) is 10.2 Å². The van der Waals surface area contributed by atoms with Gasteiger partial charge in [0.05, 0.1) is 17.1 Å². The van der Waals surface area contributed by atoms with Crippen LogP contribution < -0.4 is 25.3 Å². The highest BCUT2D eigenvalue weighted by Crippen LogP contribution is 2.37. The molecule has 0 radical (unpaired) electrons. The van der Waals surface area contributed by atoms with Crippen LogP contribution in [0.2, 0.25) is 0 Å². The second kappa shape index (κ2) is 16.5. The van der Waals surface area contributed by atoms with Gasteiger partial charge in [-0.1, -0.05) is 38.1 Å². The van der Waals surface area contributed by atoms with Crippen LogP contribution in [0, 0.1) is 18.7 Å². The van der Waals surface area contributed by atoms with Crippen LogP contribution >= 0.6 is 0 Å². The highest BCUT2D eigenvalue weighted by molar-refractivity contribution is 6.12. The summed E-state index contributed by atoms with van der Waals surface area (Å²) in [6.45, 7) is 16.6. The van der Waals surface area contributed by atoms with Gasteiger partial charge < -0.3 is 24.6 Å². The predicted octanol–water partition coefficient (Wildman–Crippen LogP) is 6.88. The maximum atomic E-state index is 16.3. The number of imide groups is 1. The molecule has 9 rings (SSSR count). The highest BCUT2D eigenvalue weighted by atomic mass is 19.1. The normalized spacial score (nSPS) is 17.5. The number of hydrogen-bond donors (Lipinski definition) is 3. The lowest BCUT2D eigenvalue weighted by Crippen LogP contribution is -2.49. The smallest absolute Gasteiger partial charge is 0.328 e. The van der Waals surface area contributed by atoms with E-state index in [4.69, 9.17) is 4.52 Å². The Hall–Kier alpha value is -6.42. The quantitative estimate of drug-likeness (QED) is 0.139. The van der Waals surface area contributed by atoms with Gasteiger partial charge in [-0.2, -0.15) is 4.98 Å². The first kappa shape index (κ1) is 41.0. The molecule has 0 saturated carbocycles. The lowest BCUT2D eigenvalue weighted by atomic mass is 9.95. The van der Waals surface area contributed by atoms with E-state index in [0.717, 1.165) is 92.0 Å². The minimum atomic E-state index is -0.523. The molecule has 3 aliphatic rings. The first-order valence-corrected chi connectivity index (χ1v) is 21.4. The summed E-state index contributed by atoms with van der Waals surface area (Å²) >= 11 is 0. The summed E-state index contributed by atoms with van der Waals surface area (Å²) in [5, 5.41) is 10.8. The molecule has 3 N–H and O–H groups in total. The molecule has 0 bridgehead atoms. The molecule has 16 heteroatoms. The van der Waals surface area contributed by atoms with E-state index in [-0.39, 0.29) is 17.8 Å². The van der Waals surface area contributed by atoms with Gasteiger partial charge in [0, 0.05) is 97.7 Å². The molecular formula is C46H52FN11O4. The number of hydrogen-bond acceptors (Lipinski definition) is 11. The summed E-state index contributed by atoms with van der Waals surface area (Å²) in [5.41, 5.74) is 6.14. The van der Waals surface area contributed by atoms with E-state index < -0.39 is 23.2 Å². The molecule has 6 aromatic rings. The van der Waals surface area contributed by atoms with Gasteiger partial charge in [0.1, 0.15) is 17.8 Å². The number of benzene rings is 3. The van der Waals surface area contributed by atoms with Gasteiger partial charge in [0.2, 0.25) is 11.8 Å². The number of nitrogens with one attached hydrogen (secondary N) is 3. The number of H-pyrrole nitrogens is 1. The molecule has 3 saturated heterocycles. The van der Waals surface area contributed by atoms with Crippen molar-refractivity contribution in [3.05, 3.63) is 89.6 Å². The first-order chi connectivity index (χ1) is 29.8. The van der Waals surface area contributed by atoms with Crippen molar-refractivity contribution in [3.63, 3.8) is 0 Å². The molecule has 0 spiro atoms. The lowest BCUT2D eigenvalue weighted by molar-refractivity contribution is -0.120. The van der Waals surface area contributed by atoms with Crippen molar-refractivity contribution in [2.75, 3.05) is 67.1 Å². The number of aromatic amines is 1. The van der Waals surface area contributed by atoms with Crippen molar-refractivity contribution in [3.8, 4) is 11.3 Å². The molecule has 15 nitrogen and oxygen atoms in total. The molecule has 62 heavy (non-hydrogen) atoms. The summed E-state index contributed by atoms with van der Waals surface area (Å²) in [6.07, 6.45) is 4.03. The fourth-order valence-electron chi connectivity index (χ4n) is 9.01. The Morgan fingerprint density at radius 2 is 1.63 bits per heavy atom. The molecule has 0 aliphatic carbocycles. The SMILES string of the molecule is Cc1c([C@@H](C)NC(=O)c2noc(C(C)(C)C)n2)ccc(-c2ncnc3[nH]c4cc(N5CCN(CC6CCN(c7ccc(N8CCC(=O)NC8=O)cc7)CC6)CC5)ccc4c23)c1F. The summed E-state index contributed by atoms with van der Waals surface area (Å²) in [6, 6.07) is 17.1. The van der Waals surface area contributed by atoms with E-state index in [9.17, 15) is 14.4 Å². The molecule has 3 aliphatic heterocycles. The van der Waals surface area contributed by atoms with Crippen LogP contribution in [0.15, 0.2) is 65.4 Å². The van der Waals surface area contributed by atoms with Gasteiger partial charge in [-0.25, -0.2) is 19.2 Å². The average Bonchev–Trinajstić information content (AvgIpc) is 3.92. The Morgan fingerprint density at radius 3 is 2.34 bits per heavy atom. The number of urea groups is 1. The lowest BCUT2D eigenvalue weighted by Gasteiger charge is -2.40. The maximum Gasteiger partial charge on any atom is 0.328 e. The first-order valence-electron chi connectivity index (χ1n) is 21.4. The molecule has 1 atom stereocenters. The maximum absolute atomic E-state index is 16.3. The Balaban J connectivity index is 0.813. The Labute approximate surface area is 359 Å². The largest absolute Gasteiger partial charge is 0.372 e. The number of piperazine rings is 1. The molecule has 0 unspecified atom stereocenters. The Morgan fingerprint density at radius 1 is 0.919 bits per heavy atom. The fourth-order valence-corrected chi connectivity index (χ4v) is 9.01. The van der Waals surface area contributed by atoms with Crippen molar-refractivity contribution in [2.45, 2.75) is 65.3 Å². The van der Waals surface area contributed by atoms with E-state index in [1.54, 1.807) is 24.8 Å². The highest BCUT2D eigenvalue weighted by Gasteiger charge is 2.29. The molecule has 322 valence electrons. The average molecular weight is 842 g/mol. The van der Waals surface area contributed by atoms with Gasteiger partial charge in [-0.3, -0.25) is 24.7 Å². The number of amides is 4. The molecule has 3 aromatic carbocycles. The Bertz CT molecular complexity index is 2660. The monoisotopic (exact) mass is 841 g/mol. The minimum Gasteiger partial charge on any atom is -0.372 e. The number of aromatic nitrogens is 5. The van der Waals surface area contributed by atoms with Crippen LogP contribution in [-0.4, -0.2) is 100 Å². The zero-order chi connectivity index (χ0) is 43.3. The molecular weight excluding hydrogens is 790 g/mol. The molecule has 3 aromatic heterocycles. The van der Waals surface area contributed by atoms with Crippen molar-refractivity contribution >= 4 is 56.8 Å². The van der Waals surface area contributed by atoms with Gasteiger partial charge in [0.25, 0.3) is 11.7 Å².